The standard InChI is InChI=1S/C21H27ClN2O2/c1-16-10-17(2)12-21(11-16)26-15-20(25)14-23-6-8-24(9-7-23)19-5-3-4-18(22)13-19/h3-5,10-13,20,25H,6-9,14-15H2,1-2H3/p+1/t20-/m0/s1. The molecule has 1 aliphatic heterocycles. The third kappa shape index (κ3) is 5.37. The van der Waals surface area contributed by atoms with Gasteiger partial charge in [0.05, 0.1) is 26.2 Å². The summed E-state index contributed by atoms with van der Waals surface area (Å²) in [6.07, 6.45) is -0.455. The second kappa shape index (κ2) is 8.76. The first-order chi connectivity index (χ1) is 12.5. The molecule has 1 saturated heterocycles. The number of hydrogen-bond acceptors (Lipinski definition) is 3. The molecule has 0 spiro atoms. The van der Waals surface area contributed by atoms with Crippen molar-refractivity contribution in [2.75, 3.05) is 44.2 Å². The number of piperazine rings is 1. The van der Waals surface area contributed by atoms with Crippen LogP contribution in [0.4, 0.5) is 5.69 Å². The minimum absolute atomic E-state index is 0.338. The highest BCUT2D eigenvalue weighted by Gasteiger charge is 2.23. The van der Waals surface area contributed by atoms with Gasteiger partial charge in [0.2, 0.25) is 0 Å². The number of hydrogen-bond donors (Lipinski definition) is 2. The number of nitrogens with one attached hydrogen (secondary N) is 1. The highest BCUT2D eigenvalue weighted by Crippen LogP contribution is 2.19. The van der Waals surface area contributed by atoms with Gasteiger partial charge in [-0.3, -0.25) is 0 Å². The summed E-state index contributed by atoms with van der Waals surface area (Å²) >= 11 is 6.09. The van der Waals surface area contributed by atoms with Crippen LogP contribution in [0.25, 0.3) is 0 Å². The van der Waals surface area contributed by atoms with Crippen molar-refractivity contribution in [1.82, 2.24) is 0 Å². The van der Waals surface area contributed by atoms with E-state index in [4.69, 9.17) is 16.3 Å². The number of ether oxygens (including phenoxy) is 1. The zero-order chi connectivity index (χ0) is 18.5. The third-order valence-electron chi connectivity index (χ3n) is 4.81. The molecule has 1 atom stereocenters. The SMILES string of the molecule is Cc1cc(C)cc(OC[C@@H](O)C[NH+]2CCN(c3cccc(Cl)c3)CC2)c1. The Bertz CT molecular complexity index is 709. The van der Waals surface area contributed by atoms with Crippen molar-refractivity contribution in [1.29, 1.82) is 0 Å². The Kier molecular flexibility index (Phi) is 6.41. The first-order valence-corrected chi connectivity index (χ1v) is 9.60. The molecule has 1 aliphatic rings. The highest BCUT2D eigenvalue weighted by atomic mass is 35.5. The van der Waals surface area contributed by atoms with E-state index in [1.807, 2.05) is 30.3 Å². The van der Waals surface area contributed by atoms with E-state index in [9.17, 15) is 5.11 Å². The topological polar surface area (TPSA) is 37.1 Å². The maximum Gasteiger partial charge on any atom is 0.137 e. The first kappa shape index (κ1) is 19.0. The predicted octanol–water partition coefficient (Wildman–Crippen LogP) is 2.10. The van der Waals surface area contributed by atoms with Gasteiger partial charge in [-0.2, -0.15) is 0 Å². The largest absolute Gasteiger partial charge is 0.491 e. The summed E-state index contributed by atoms with van der Waals surface area (Å²) in [6.45, 7) is 9.12. The lowest BCUT2D eigenvalue weighted by atomic mass is 10.1. The zero-order valence-electron chi connectivity index (χ0n) is 15.5. The second-order valence-electron chi connectivity index (χ2n) is 7.21. The van der Waals surface area contributed by atoms with Crippen LogP contribution < -0.4 is 14.5 Å². The molecule has 140 valence electrons. The lowest BCUT2D eigenvalue weighted by molar-refractivity contribution is -0.903. The van der Waals surface area contributed by atoms with Gasteiger partial charge in [-0.15, -0.1) is 0 Å². The van der Waals surface area contributed by atoms with Crippen LogP contribution in [0.5, 0.6) is 5.75 Å². The first-order valence-electron chi connectivity index (χ1n) is 9.23. The van der Waals surface area contributed by atoms with Gasteiger partial charge in [0.1, 0.15) is 25.0 Å². The summed E-state index contributed by atoms with van der Waals surface area (Å²) in [5.41, 5.74) is 3.53. The van der Waals surface area contributed by atoms with Crippen LogP contribution in [-0.2, 0) is 0 Å². The number of aliphatic hydroxyl groups is 1. The molecule has 5 heteroatoms. The van der Waals surface area contributed by atoms with E-state index in [2.05, 4.69) is 30.9 Å². The van der Waals surface area contributed by atoms with E-state index < -0.39 is 6.10 Å². The normalized spacial score (nSPS) is 16.5. The Labute approximate surface area is 160 Å². The number of aryl methyl sites for hydroxylation is 2. The van der Waals surface area contributed by atoms with Crippen LogP contribution >= 0.6 is 11.6 Å². The third-order valence-corrected chi connectivity index (χ3v) is 5.04. The second-order valence-corrected chi connectivity index (χ2v) is 7.65. The van der Waals surface area contributed by atoms with Crippen molar-refractivity contribution in [2.24, 2.45) is 0 Å². The molecule has 2 aromatic rings. The molecular weight excluding hydrogens is 348 g/mol. The minimum atomic E-state index is -0.455. The average molecular weight is 376 g/mol. The fraction of sp³-hybridized carbons (Fsp3) is 0.429. The lowest BCUT2D eigenvalue weighted by Crippen LogP contribution is -3.16. The highest BCUT2D eigenvalue weighted by molar-refractivity contribution is 6.30. The molecule has 0 amide bonds. The maximum atomic E-state index is 10.3. The van der Waals surface area contributed by atoms with E-state index in [1.165, 1.54) is 21.7 Å². The fourth-order valence-corrected chi connectivity index (χ4v) is 3.74. The summed E-state index contributed by atoms with van der Waals surface area (Å²) in [7, 11) is 0. The predicted molar refractivity (Wildman–Crippen MR) is 107 cm³/mol. The van der Waals surface area contributed by atoms with Gasteiger partial charge in [-0.25, -0.2) is 0 Å². The number of benzene rings is 2. The molecule has 0 unspecified atom stereocenters. The molecule has 3 rings (SSSR count). The molecule has 0 bridgehead atoms. The van der Waals surface area contributed by atoms with Crippen LogP contribution in [0.2, 0.25) is 5.02 Å². The van der Waals surface area contributed by atoms with Crippen molar-refractivity contribution in [2.45, 2.75) is 20.0 Å². The Hall–Kier alpha value is -1.75. The van der Waals surface area contributed by atoms with E-state index in [-0.39, 0.29) is 0 Å². The molecule has 0 aromatic heterocycles. The smallest absolute Gasteiger partial charge is 0.137 e. The molecule has 1 heterocycles. The molecule has 2 N–H and O–H groups in total. The van der Waals surface area contributed by atoms with Gasteiger partial charge >= 0.3 is 0 Å². The van der Waals surface area contributed by atoms with Gasteiger partial charge in [-0.05, 0) is 55.3 Å². The summed E-state index contributed by atoms with van der Waals surface area (Å²) in [6, 6.07) is 14.1. The Balaban J connectivity index is 1.44. The van der Waals surface area contributed by atoms with Crippen LogP contribution in [0.3, 0.4) is 0 Å². The Morgan fingerprint density at radius 2 is 1.81 bits per heavy atom. The Morgan fingerprint density at radius 1 is 1.12 bits per heavy atom. The van der Waals surface area contributed by atoms with Crippen LogP contribution in [0.15, 0.2) is 42.5 Å². The summed E-state index contributed by atoms with van der Waals surface area (Å²) < 4.78 is 5.79. The molecular formula is C21H28ClN2O2+. The maximum absolute atomic E-state index is 10.3. The molecule has 0 radical (unpaired) electrons. The van der Waals surface area contributed by atoms with E-state index in [1.54, 1.807) is 0 Å². The quantitative estimate of drug-likeness (QED) is 0.812. The molecule has 0 aliphatic carbocycles. The number of anilines is 1. The van der Waals surface area contributed by atoms with Crippen LogP contribution in [-0.4, -0.2) is 50.5 Å². The Morgan fingerprint density at radius 3 is 2.46 bits per heavy atom. The van der Waals surface area contributed by atoms with Crippen molar-refractivity contribution >= 4 is 17.3 Å². The summed E-state index contributed by atoms with van der Waals surface area (Å²) in [5.74, 6) is 0.835. The van der Waals surface area contributed by atoms with E-state index >= 15 is 0 Å². The van der Waals surface area contributed by atoms with Gasteiger partial charge < -0.3 is 19.6 Å². The van der Waals surface area contributed by atoms with Crippen molar-refractivity contribution in [3.63, 3.8) is 0 Å². The van der Waals surface area contributed by atoms with Gasteiger partial charge in [0.15, 0.2) is 0 Å². The van der Waals surface area contributed by atoms with Gasteiger partial charge in [-0.1, -0.05) is 23.7 Å². The number of nitrogens with zero attached hydrogens (tertiary/aromatic N) is 1. The number of halogens is 1. The van der Waals surface area contributed by atoms with Gasteiger partial charge in [0, 0.05) is 10.7 Å². The molecule has 1 fully saturated rings. The summed E-state index contributed by atoms with van der Waals surface area (Å²) in [4.78, 5) is 3.77. The minimum Gasteiger partial charge on any atom is -0.491 e. The molecule has 26 heavy (non-hydrogen) atoms. The zero-order valence-corrected chi connectivity index (χ0v) is 16.3. The molecule has 0 saturated carbocycles. The van der Waals surface area contributed by atoms with Crippen molar-refractivity contribution in [3.8, 4) is 5.75 Å². The fourth-order valence-electron chi connectivity index (χ4n) is 3.56. The van der Waals surface area contributed by atoms with E-state index in [0.717, 1.165) is 37.0 Å². The average Bonchev–Trinajstić information content (AvgIpc) is 2.60. The van der Waals surface area contributed by atoms with Gasteiger partial charge in [0.25, 0.3) is 0 Å². The summed E-state index contributed by atoms with van der Waals surface area (Å²) in [5, 5.41) is 11.1. The van der Waals surface area contributed by atoms with E-state index in [0.29, 0.717) is 13.2 Å². The lowest BCUT2D eigenvalue weighted by Gasteiger charge is -2.34. The van der Waals surface area contributed by atoms with Crippen molar-refractivity contribution < 1.29 is 14.7 Å². The van der Waals surface area contributed by atoms with Crippen LogP contribution in [0.1, 0.15) is 11.1 Å². The number of quaternary nitrogens is 1. The van der Waals surface area contributed by atoms with Crippen molar-refractivity contribution in [3.05, 3.63) is 58.6 Å². The molecule has 4 nitrogen and oxygen atoms in total. The monoisotopic (exact) mass is 375 g/mol. The van der Waals surface area contributed by atoms with Crippen LogP contribution in [0, 0.1) is 13.8 Å². The number of aliphatic hydroxyl groups excluding tert-OH is 1. The number of rotatable bonds is 6. The molecule has 2 aromatic carbocycles.